The first-order valence-corrected chi connectivity index (χ1v) is 15.1. The fraction of sp³-hybridized carbons (Fsp3) is 0.586. The number of H-pyrrole nitrogens is 1. The normalized spacial score (nSPS) is 23.4. The standard InChI is InChI=1S/C29H38ClN3O5S/c1-17-13-24(39-4)22(28(35)32-17)15-31-27(34)21-14-23(30)26-25(18(21)2)37-29(3,38-26)20-5-9-33(10-6-20)16-19-7-11-36-12-8-19/h13-14,19-20H,5-12,15-16H2,1-4H3,(H,31,34)(H,32,35)/t29-/m1/s1/i15D2. The average molecular weight is 578 g/mol. The van der Waals surface area contributed by atoms with E-state index in [9.17, 15) is 9.59 Å². The third-order valence-electron chi connectivity index (χ3n) is 8.13. The molecular weight excluding hydrogens is 538 g/mol. The maximum atomic E-state index is 13.4. The fourth-order valence-corrected chi connectivity index (χ4v) is 6.68. The zero-order valence-electron chi connectivity index (χ0n) is 24.9. The van der Waals surface area contributed by atoms with Gasteiger partial charge in [-0.2, -0.15) is 0 Å². The van der Waals surface area contributed by atoms with Gasteiger partial charge in [-0.1, -0.05) is 11.6 Å². The van der Waals surface area contributed by atoms with E-state index in [1.165, 1.54) is 17.8 Å². The van der Waals surface area contributed by atoms with E-state index in [1.807, 2.05) is 6.92 Å². The number of aryl methyl sites for hydroxylation is 1. The molecule has 0 bridgehead atoms. The molecule has 212 valence electrons. The van der Waals surface area contributed by atoms with Gasteiger partial charge in [0.15, 0.2) is 11.5 Å². The zero-order chi connectivity index (χ0) is 29.5. The third-order valence-corrected chi connectivity index (χ3v) is 9.17. The lowest BCUT2D eigenvalue weighted by Gasteiger charge is -2.40. The Morgan fingerprint density at radius 1 is 1.21 bits per heavy atom. The molecule has 1 amide bonds. The van der Waals surface area contributed by atoms with Crippen LogP contribution in [0.3, 0.4) is 0 Å². The molecule has 1 atom stereocenters. The molecule has 10 heteroatoms. The van der Waals surface area contributed by atoms with Crippen LogP contribution < -0.4 is 20.3 Å². The summed E-state index contributed by atoms with van der Waals surface area (Å²) >= 11 is 7.85. The van der Waals surface area contributed by atoms with Crippen molar-refractivity contribution in [3.05, 3.63) is 49.9 Å². The van der Waals surface area contributed by atoms with Crippen molar-refractivity contribution < 1.29 is 21.7 Å². The van der Waals surface area contributed by atoms with Gasteiger partial charge < -0.3 is 29.4 Å². The summed E-state index contributed by atoms with van der Waals surface area (Å²) < 4.78 is 35.4. The molecule has 3 aliphatic heterocycles. The molecular formula is C29H38ClN3O5S. The highest BCUT2D eigenvalue weighted by atomic mass is 35.5. The van der Waals surface area contributed by atoms with Gasteiger partial charge >= 0.3 is 0 Å². The van der Waals surface area contributed by atoms with Crippen LogP contribution in [0, 0.1) is 25.7 Å². The zero-order valence-corrected chi connectivity index (χ0v) is 24.5. The van der Waals surface area contributed by atoms with E-state index in [4.69, 9.17) is 28.6 Å². The van der Waals surface area contributed by atoms with Crippen molar-refractivity contribution in [3.63, 3.8) is 0 Å². The number of hydrogen-bond acceptors (Lipinski definition) is 7. The van der Waals surface area contributed by atoms with Crippen molar-refractivity contribution in [1.82, 2.24) is 15.2 Å². The van der Waals surface area contributed by atoms with E-state index in [1.54, 1.807) is 26.2 Å². The van der Waals surface area contributed by atoms with Gasteiger partial charge in [0.25, 0.3) is 17.3 Å². The molecule has 5 rings (SSSR count). The summed E-state index contributed by atoms with van der Waals surface area (Å²) in [6, 6.07) is 3.16. The second-order valence-corrected chi connectivity index (χ2v) is 12.1. The summed E-state index contributed by atoms with van der Waals surface area (Å²) in [5, 5.41) is 2.62. The van der Waals surface area contributed by atoms with Crippen LogP contribution in [0.1, 0.15) is 62.5 Å². The number of likely N-dealkylation sites (tertiary alicyclic amines) is 1. The van der Waals surface area contributed by atoms with Gasteiger partial charge in [-0.3, -0.25) is 9.59 Å². The Morgan fingerprint density at radius 3 is 2.59 bits per heavy atom. The minimum Gasteiger partial charge on any atom is -0.448 e. The number of benzene rings is 1. The second kappa shape index (κ2) is 11.7. The van der Waals surface area contributed by atoms with Crippen LogP contribution in [-0.4, -0.2) is 60.7 Å². The number of halogens is 1. The summed E-state index contributed by atoms with van der Waals surface area (Å²) in [6.07, 6.45) is 5.83. The van der Waals surface area contributed by atoms with Crippen molar-refractivity contribution in [1.29, 1.82) is 0 Å². The maximum absolute atomic E-state index is 13.4. The van der Waals surface area contributed by atoms with E-state index in [2.05, 4.69) is 15.2 Å². The monoisotopic (exact) mass is 577 g/mol. The number of carbonyl (C=O) groups excluding carboxylic acids is 1. The van der Waals surface area contributed by atoms with Gasteiger partial charge in [-0.25, -0.2) is 0 Å². The summed E-state index contributed by atoms with van der Waals surface area (Å²) in [5.74, 6) is -0.00570. The number of fused-ring (bicyclic) bond motifs is 1. The second-order valence-electron chi connectivity index (χ2n) is 10.8. The largest absolute Gasteiger partial charge is 0.448 e. The van der Waals surface area contributed by atoms with Gasteiger partial charge in [-0.15, -0.1) is 11.8 Å². The van der Waals surface area contributed by atoms with Crippen molar-refractivity contribution in [2.24, 2.45) is 11.8 Å². The number of amides is 1. The van der Waals surface area contributed by atoms with Crippen LogP contribution in [0.2, 0.25) is 5.02 Å². The lowest BCUT2D eigenvalue weighted by Crippen LogP contribution is -2.49. The number of piperidine rings is 1. The van der Waals surface area contributed by atoms with E-state index >= 15 is 0 Å². The molecule has 0 unspecified atom stereocenters. The van der Waals surface area contributed by atoms with Crippen molar-refractivity contribution >= 4 is 29.3 Å². The molecule has 2 fully saturated rings. The minimum absolute atomic E-state index is 0.140. The van der Waals surface area contributed by atoms with Crippen molar-refractivity contribution in [2.75, 3.05) is 39.1 Å². The topological polar surface area (TPSA) is 92.9 Å². The molecule has 0 saturated carbocycles. The first-order chi connectivity index (χ1) is 19.4. The molecule has 3 aliphatic rings. The van der Waals surface area contributed by atoms with Crippen molar-refractivity contribution in [3.8, 4) is 11.5 Å². The van der Waals surface area contributed by atoms with Gasteiger partial charge in [-0.05, 0) is 76.9 Å². The number of hydrogen-bond donors (Lipinski definition) is 2. The molecule has 1 aromatic carbocycles. The number of carbonyl (C=O) groups is 1. The van der Waals surface area contributed by atoms with Crippen molar-refractivity contribution in [2.45, 2.75) is 63.6 Å². The summed E-state index contributed by atoms with van der Waals surface area (Å²) in [5.41, 5.74) is 0.530. The molecule has 2 N–H and O–H groups in total. The van der Waals surface area contributed by atoms with E-state index in [0.29, 0.717) is 33.6 Å². The third kappa shape index (κ3) is 5.97. The Hall–Kier alpha value is -2.20. The Balaban J connectivity index is 1.30. The first kappa shape index (κ1) is 25.7. The Kier molecular flexibility index (Phi) is 7.74. The quantitative estimate of drug-likeness (QED) is 0.451. The highest BCUT2D eigenvalue weighted by Gasteiger charge is 2.47. The number of ether oxygens (including phenoxy) is 3. The predicted molar refractivity (Wildman–Crippen MR) is 153 cm³/mol. The first-order valence-electron chi connectivity index (χ1n) is 14.5. The molecule has 8 nitrogen and oxygen atoms in total. The number of nitrogens with one attached hydrogen (secondary N) is 2. The summed E-state index contributed by atoms with van der Waals surface area (Å²) in [4.78, 5) is 31.7. The van der Waals surface area contributed by atoms with Crippen LogP contribution >= 0.6 is 23.4 Å². The van der Waals surface area contributed by atoms with Gasteiger partial charge in [0.05, 0.1) is 7.76 Å². The molecule has 4 heterocycles. The highest BCUT2D eigenvalue weighted by Crippen LogP contribution is 2.51. The molecule has 1 aromatic heterocycles. The van der Waals surface area contributed by atoms with Crippen LogP contribution in [0.25, 0.3) is 0 Å². The average Bonchev–Trinajstić information content (AvgIpc) is 3.30. The molecule has 2 aromatic rings. The van der Waals surface area contributed by atoms with Gasteiger partial charge in [0.1, 0.15) is 0 Å². The number of rotatable bonds is 7. The smallest absolute Gasteiger partial charge is 0.254 e. The van der Waals surface area contributed by atoms with Crippen LogP contribution in [0.4, 0.5) is 0 Å². The highest BCUT2D eigenvalue weighted by molar-refractivity contribution is 7.98. The Morgan fingerprint density at radius 2 is 1.90 bits per heavy atom. The molecule has 39 heavy (non-hydrogen) atoms. The SMILES string of the molecule is [2H]C([2H])(NC(=O)c1cc(Cl)c2c(c1C)O[C@@](C)(C1CCN(CC3CCOCC3)CC1)O2)c1c(SC)cc(C)[nH]c1=O. The molecule has 0 radical (unpaired) electrons. The lowest BCUT2D eigenvalue weighted by molar-refractivity contribution is -0.125. The number of pyridine rings is 1. The van der Waals surface area contributed by atoms with Crippen LogP contribution in [0.15, 0.2) is 21.8 Å². The summed E-state index contributed by atoms with van der Waals surface area (Å²) in [6.45, 7) is 7.68. The van der Waals surface area contributed by atoms with E-state index < -0.39 is 23.8 Å². The number of aromatic amines is 1. The summed E-state index contributed by atoms with van der Waals surface area (Å²) in [7, 11) is 0. The van der Waals surface area contributed by atoms with Gasteiger partial charge in [0.2, 0.25) is 0 Å². The fourth-order valence-electron chi connectivity index (χ4n) is 5.81. The van der Waals surface area contributed by atoms with E-state index in [0.717, 1.165) is 58.5 Å². The van der Waals surface area contributed by atoms with Crippen LogP contribution in [0.5, 0.6) is 11.5 Å². The molecule has 0 spiro atoms. The van der Waals surface area contributed by atoms with Gasteiger partial charge in [0, 0.05) is 66.4 Å². The predicted octanol–water partition coefficient (Wildman–Crippen LogP) is 4.92. The van der Waals surface area contributed by atoms with Crippen LogP contribution in [-0.2, 0) is 11.2 Å². The minimum atomic E-state index is -2.43. The Labute approximate surface area is 241 Å². The number of nitrogens with zero attached hydrogens (tertiary/aromatic N) is 1. The molecule has 2 saturated heterocycles. The van der Waals surface area contributed by atoms with E-state index in [-0.39, 0.29) is 22.1 Å². The maximum Gasteiger partial charge on any atom is 0.254 e. The lowest BCUT2D eigenvalue weighted by atomic mass is 9.88. The molecule has 0 aliphatic carbocycles. The number of thioether (sulfide) groups is 1. The Bertz CT molecular complexity index is 1380. The number of aromatic nitrogens is 1.